The molecule has 0 aliphatic heterocycles. The number of carbonyl (C=O) groups is 1. The van der Waals surface area contributed by atoms with Crippen molar-refractivity contribution < 1.29 is 10.0 Å². The maximum atomic E-state index is 12.1. The van der Waals surface area contributed by atoms with Gasteiger partial charge in [-0.15, -0.1) is 11.3 Å². The predicted octanol–water partition coefficient (Wildman–Crippen LogP) is 1.13. The second-order valence-electron chi connectivity index (χ2n) is 3.81. The van der Waals surface area contributed by atoms with Crippen LogP contribution in [0.15, 0.2) is 16.0 Å². The lowest BCUT2D eigenvalue weighted by atomic mass is 10.2. The summed E-state index contributed by atoms with van der Waals surface area (Å²) in [5, 5.41) is 13.1. The number of nitrogens with two attached hydrogens (primary N) is 1. The summed E-state index contributed by atoms with van der Waals surface area (Å²) in [7, 11) is 0. The Morgan fingerprint density at radius 2 is 2.41 bits per heavy atom. The molecular weight excluding hydrogens is 240 g/mol. The zero-order chi connectivity index (χ0) is 12.8. The van der Waals surface area contributed by atoms with E-state index in [0.717, 1.165) is 0 Å². The Morgan fingerprint density at radius 1 is 1.71 bits per heavy atom. The van der Waals surface area contributed by atoms with Crippen molar-refractivity contribution in [3.05, 3.63) is 16.6 Å². The van der Waals surface area contributed by atoms with E-state index in [4.69, 9.17) is 10.9 Å². The summed E-state index contributed by atoms with van der Waals surface area (Å²) in [5.41, 5.74) is 7.44. The first-order valence-electron chi connectivity index (χ1n) is 5.21. The summed E-state index contributed by atoms with van der Waals surface area (Å²) in [4.78, 5) is 17.7. The van der Waals surface area contributed by atoms with Crippen LogP contribution in [0.3, 0.4) is 0 Å². The molecule has 6 nitrogen and oxygen atoms in total. The van der Waals surface area contributed by atoms with Crippen molar-refractivity contribution in [2.75, 3.05) is 6.54 Å². The molecule has 0 fully saturated rings. The fraction of sp³-hybridized carbons (Fsp3) is 0.500. The van der Waals surface area contributed by atoms with E-state index >= 15 is 0 Å². The van der Waals surface area contributed by atoms with Gasteiger partial charge in [0.25, 0.3) is 5.91 Å². The number of hydrogen-bond acceptors (Lipinski definition) is 5. The largest absolute Gasteiger partial charge is 0.409 e. The smallest absolute Gasteiger partial charge is 0.273 e. The molecule has 0 saturated carbocycles. The number of nitrogens with zero attached hydrogens (tertiary/aromatic N) is 3. The Kier molecular flexibility index (Phi) is 4.89. The minimum Gasteiger partial charge on any atom is -0.409 e. The summed E-state index contributed by atoms with van der Waals surface area (Å²) >= 11 is 1.38. The standard InChI is InChI=1S/C10H16N4O2S/c1-7(2)14(4-3-9(11)13-16)10(15)8-5-17-6-12-8/h5-7,16H,3-4H2,1-2H3,(H2,11,13). The lowest BCUT2D eigenvalue weighted by molar-refractivity contribution is 0.0705. The van der Waals surface area contributed by atoms with Gasteiger partial charge in [-0.1, -0.05) is 5.16 Å². The minimum atomic E-state index is -0.132. The van der Waals surface area contributed by atoms with Gasteiger partial charge in [0.05, 0.1) is 5.51 Å². The maximum Gasteiger partial charge on any atom is 0.273 e. The Bertz CT molecular complexity index is 389. The molecule has 0 spiro atoms. The highest BCUT2D eigenvalue weighted by Gasteiger charge is 2.20. The van der Waals surface area contributed by atoms with Gasteiger partial charge in [-0.2, -0.15) is 0 Å². The van der Waals surface area contributed by atoms with Gasteiger partial charge >= 0.3 is 0 Å². The first-order chi connectivity index (χ1) is 8.06. The van der Waals surface area contributed by atoms with Crippen molar-refractivity contribution in [2.45, 2.75) is 26.3 Å². The zero-order valence-electron chi connectivity index (χ0n) is 9.83. The molecule has 0 aliphatic rings. The summed E-state index contributed by atoms with van der Waals surface area (Å²) in [6.07, 6.45) is 0.338. The SMILES string of the molecule is CC(C)N(CCC(N)=NO)C(=O)c1cscn1. The molecular formula is C10H16N4O2S. The van der Waals surface area contributed by atoms with Gasteiger partial charge in [0.15, 0.2) is 0 Å². The van der Waals surface area contributed by atoms with Gasteiger partial charge in [0.1, 0.15) is 11.5 Å². The quantitative estimate of drug-likeness (QED) is 0.357. The van der Waals surface area contributed by atoms with Gasteiger partial charge in [-0.3, -0.25) is 4.79 Å². The molecule has 1 heterocycles. The van der Waals surface area contributed by atoms with E-state index < -0.39 is 0 Å². The van der Waals surface area contributed by atoms with Gasteiger partial charge in [-0.05, 0) is 13.8 Å². The summed E-state index contributed by atoms with van der Waals surface area (Å²) < 4.78 is 0. The predicted molar refractivity (Wildman–Crippen MR) is 66.3 cm³/mol. The van der Waals surface area contributed by atoms with Gasteiger partial charge in [0, 0.05) is 24.4 Å². The molecule has 1 aromatic heterocycles. The zero-order valence-corrected chi connectivity index (χ0v) is 10.6. The van der Waals surface area contributed by atoms with E-state index in [-0.39, 0.29) is 17.8 Å². The molecule has 0 aromatic carbocycles. The molecule has 7 heteroatoms. The minimum absolute atomic E-state index is 0.0377. The van der Waals surface area contributed by atoms with Crippen molar-refractivity contribution in [2.24, 2.45) is 10.9 Å². The molecule has 17 heavy (non-hydrogen) atoms. The fourth-order valence-electron chi connectivity index (χ4n) is 1.34. The molecule has 0 atom stereocenters. The van der Waals surface area contributed by atoms with E-state index in [1.54, 1.807) is 15.8 Å². The molecule has 0 radical (unpaired) electrons. The topological polar surface area (TPSA) is 91.8 Å². The normalized spacial score (nSPS) is 11.8. The van der Waals surface area contributed by atoms with Crippen LogP contribution in [0.2, 0.25) is 0 Å². The molecule has 1 rings (SSSR count). The highest BCUT2D eigenvalue weighted by Crippen LogP contribution is 2.09. The second kappa shape index (κ2) is 6.19. The third-order valence-corrected chi connectivity index (χ3v) is 2.86. The molecule has 94 valence electrons. The van der Waals surface area contributed by atoms with Crippen LogP contribution in [-0.2, 0) is 0 Å². The Balaban J connectivity index is 2.70. The number of oxime groups is 1. The van der Waals surface area contributed by atoms with Crippen LogP contribution in [0.5, 0.6) is 0 Å². The summed E-state index contributed by atoms with van der Waals surface area (Å²) in [6.45, 7) is 4.23. The lowest BCUT2D eigenvalue weighted by Crippen LogP contribution is -2.39. The monoisotopic (exact) mass is 256 g/mol. The number of thiazole rings is 1. The van der Waals surface area contributed by atoms with E-state index in [1.165, 1.54) is 11.3 Å². The first-order valence-corrected chi connectivity index (χ1v) is 6.16. The van der Waals surface area contributed by atoms with Crippen LogP contribution in [0, 0.1) is 0 Å². The van der Waals surface area contributed by atoms with Crippen LogP contribution in [0.1, 0.15) is 30.8 Å². The van der Waals surface area contributed by atoms with Crippen molar-refractivity contribution in [3.63, 3.8) is 0 Å². The van der Waals surface area contributed by atoms with Crippen LogP contribution >= 0.6 is 11.3 Å². The summed E-state index contributed by atoms with van der Waals surface area (Å²) in [6, 6.07) is 0.0377. The van der Waals surface area contributed by atoms with Crippen LogP contribution in [-0.4, -0.2) is 39.4 Å². The van der Waals surface area contributed by atoms with Gasteiger partial charge < -0.3 is 15.8 Å². The highest BCUT2D eigenvalue weighted by molar-refractivity contribution is 7.07. The van der Waals surface area contributed by atoms with Crippen LogP contribution in [0.25, 0.3) is 0 Å². The van der Waals surface area contributed by atoms with Crippen molar-refractivity contribution in [1.29, 1.82) is 0 Å². The second-order valence-corrected chi connectivity index (χ2v) is 4.53. The van der Waals surface area contributed by atoms with E-state index in [0.29, 0.717) is 18.7 Å². The molecule has 0 aliphatic carbocycles. The van der Waals surface area contributed by atoms with Crippen LogP contribution < -0.4 is 5.73 Å². The first kappa shape index (κ1) is 13.4. The van der Waals surface area contributed by atoms with E-state index in [9.17, 15) is 4.79 Å². The number of hydrogen-bond donors (Lipinski definition) is 2. The van der Waals surface area contributed by atoms with Gasteiger partial charge in [-0.25, -0.2) is 4.98 Å². The average Bonchev–Trinajstić information content (AvgIpc) is 2.81. The lowest BCUT2D eigenvalue weighted by Gasteiger charge is -2.25. The molecule has 1 aromatic rings. The Labute approximate surface area is 104 Å². The van der Waals surface area contributed by atoms with Crippen LogP contribution in [0.4, 0.5) is 0 Å². The molecule has 1 amide bonds. The number of aromatic nitrogens is 1. The van der Waals surface area contributed by atoms with Crippen molar-refractivity contribution in [1.82, 2.24) is 9.88 Å². The number of amidine groups is 1. The number of amides is 1. The Morgan fingerprint density at radius 3 is 2.88 bits per heavy atom. The van der Waals surface area contributed by atoms with Gasteiger partial charge in [0.2, 0.25) is 0 Å². The van der Waals surface area contributed by atoms with E-state index in [2.05, 4.69) is 10.1 Å². The molecule has 0 unspecified atom stereocenters. The molecule has 0 saturated heterocycles. The number of carbonyl (C=O) groups excluding carboxylic acids is 1. The average molecular weight is 256 g/mol. The van der Waals surface area contributed by atoms with Crippen molar-refractivity contribution >= 4 is 23.1 Å². The molecule has 0 bridgehead atoms. The maximum absolute atomic E-state index is 12.1. The Hall–Kier alpha value is -1.63. The molecule has 3 N–H and O–H groups in total. The third kappa shape index (κ3) is 3.70. The third-order valence-electron chi connectivity index (χ3n) is 2.27. The number of rotatable bonds is 5. The van der Waals surface area contributed by atoms with E-state index in [1.807, 2.05) is 13.8 Å². The highest BCUT2D eigenvalue weighted by atomic mass is 32.1. The van der Waals surface area contributed by atoms with Crippen molar-refractivity contribution in [3.8, 4) is 0 Å². The summed E-state index contributed by atoms with van der Waals surface area (Å²) in [5.74, 6) is -0.0197. The fourth-order valence-corrected chi connectivity index (χ4v) is 1.87.